The largest absolute Gasteiger partial charge is 0.768 e. The zero-order valence-electron chi connectivity index (χ0n) is 6.65. The summed E-state index contributed by atoms with van der Waals surface area (Å²) in [6.07, 6.45) is 1.30. The Morgan fingerprint density at radius 3 is 3.31 bits per heavy atom. The Hall–Kier alpha value is -1.14. The van der Waals surface area contributed by atoms with Gasteiger partial charge in [-0.3, -0.25) is 4.21 Å². The molecule has 0 aromatic carbocycles. The zero-order chi connectivity index (χ0) is 9.26. The fourth-order valence-electron chi connectivity index (χ4n) is 1.09. The molecule has 1 unspecified atom stereocenters. The summed E-state index contributed by atoms with van der Waals surface area (Å²) in [5.74, 6) is 1.09. The third kappa shape index (κ3) is 1.63. The predicted molar refractivity (Wildman–Crippen MR) is 45.4 cm³/mol. The van der Waals surface area contributed by atoms with E-state index in [-0.39, 0.29) is 4.90 Å². The van der Waals surface area contributed by atoms with Crippen LogP contribution in [0, 0.1) is 0 Å². The van der Waals surface area contributed by atoms with Crippen LogP contribution >= 0.6 is 0 Å². The molecule has 13 heavy (non-hydrogen) atoms. The Labute approximate surface area is 77.4 Å². The fourth-order valence-corrected chi connectivity index (χ4v) is 1.43. The minimum Gasteiger partial charge on any atom is -0.768 e. The summed E-state index contributed by atoms with van der Waals surface area (Å²) in [6.45, 7) is 1.23. The average Bonchev–Trinajstić information content (AvgIpc) is 2.17. The van der Waals surface area contributed by atoms with Crippen LogP contribution in [0.5, 0.6) is 5.75 Å². The van der Waals surface area contributed by atoms with E-state index < -0.39 is 11.1 Å². The van der Waals surface area contributed by atoms with E-state index in [2.05, 4.69) is 10.3 Å². The number of hydrogen-bond donors (Lipinski definition) is 1. The number of anilines is 1. The van der Waals surface area contributed by atoms with Crippen LogP contribution < -0.4 is 10.1 Å². The molecule has 0 fully saturated rings. The van der Waals surface area contributed by atoms with Crippen molar-refractivity contribution < 1.29 is 13.5 Å². The third-order valence-corrected chi connectivity index (χ3v) is 2.28. The van der Waals surface area contributed by atoms with Gasteiger partial charge in [-0.05, 0) is 11.1 Å². The third-order valence-electron chi connectivity index (χ3n) is 1.67. The molecule has 0 saturated carbocycles. The number of fused-ring (bicyclic) bond motifs is 1. The number of pyridine rings is 1. The van der Waals surface area contributed by atoms with Crippen molar-refractivity contribution >= 4 is 16.9 Å². The van der Waals surface area contributed by atoms with Crippen molar-refractivity contribution in [3.63, 3.8) is 0 Å². The second-order valence-corrected chi connectivity index (χ2v) is 3.47. The van der Waals surface area contributed by atoms with Crippen LogP contribution in [0.25, 0.3) is 0 Å². The first kappa shape index (κ1) is 8.46. The van der Waals surface area contributed by atoms with Crippen molar-refractivity contribution in [1.82, 2.24) is 4.98 Å². The van der Waals surface area contributed by atoms with E-state index >= 15 is 0 Å². The Morgan fingerprint density at radius 2 is 2.54 bits per heavy atom. The number of rotatable bonds is 1. The topological polar surface area (TPSA) is 74.3 Å². The van der Waals surface area contributed by atoms with E-state index in [1.165, 1.54) is 12.3 Å². The van der Waals surface area contributed by atoms with Crippen molar-refractivity contribution in [3.8, 4) is 5.75 Å². The second kappa shape index (κ2) is 3.31. The van der Waals surface area contributed by atoms with Gasteiger partial charge in [0.1, 0.15) is 6.61 Å². The molecule has 0 radical (unpaired) electrons. The minimum absolute atomic E-state index is 0.141. The molecule has 1 aliphatic rings. The molecule has 0 saturated heterocycles. The molecule has 1 aromatic heterocycles. The number of hydrogen-bond acceptors (Lipinski definition) is 5. The lowest BCUT2D eigenvalue weighted by Crippen LogP contribution is -2.19. The zero-order valence-corrected chi connectivity index (χ0v) is 7.47. The lowest BCUT2D eigenvalue weighted by Gasteiger charge is -2.18. The molecule has 0 spiro atoms. The summed E-state index contributed by atoms with van der Waals surface area (Å²) in [5.41, 5.74) is 0. The van der Waals surface area contributed by atoms with Gasteiger partial charge in [0, 0.05) is 17.2 Å². The Kier molecular flexibility index (Phi) is 2.15. The summed E-state index contributed by atoms with van der Waals surface area (Å²) < 4.78 is 26.4. The van der Waals surface area contributed by atoms with Gasteiger partial charge in [-0.25, -0.2) is 4.98 Å². The molecule has 6 heteroatoms. The summed E-state index contributed by atoms with van der Waals surface area (Å²) in [4.78, 5) is 4.05. The van der Waals surface area contributed by atoms with Crippen molar-refractivity contribution in [2.24, 2.45) is 0 Å². The highest BCUT2D eigenvalue weighted by Gasteiger charge is 2.11. The normalized spacial score (nSPS) is 16.7. The highest BCUT2D eigenvalue weighted by molar-refractivity contribution is 7.79. The van der Waals surface area contributed by atoms with E-state index in [0.29, 0.717) is 24.7 Å². The van der Waals surface area contributed by atoms with Crippen LogP contribution in [0.4, 0.5) is 5.82 Å². The number of aromatic nitrogens is 1. The smallest absolute Gasteiger partial charge is 0.168 e. The molecule has 70 valence electrons. The lowest BCUT2D eigenvalue weighted by molar-refractivity contribution is 0.320. The van der Waals surface area contributed by atoms with E-state index in [9.17, 15) is 8.76 Å². The highest BCUT2D eigenvalue weighted by atomic mass is 32.2. The Bertz CT molecular complexity index is 356. The summed E-state index contributed by atoms with van der Waals surface area (Å²) in [6, 6.07) is 1.46. The van der Waals surface area contributed by atoms with Gasteiger partial charge >= 0.3 is 0 Å². The first-order valence-electron chi connectivity index (χ1n) is 3.73. The van der Waals surface area contributed by atoms with Crippen LogP contribution in [-0.2, 0) is 11.1 Å². The monoisotopic (exact) mass is 199 g/mol. The Morgan fingerprint density at radius 1 is 1.69 bits per heavy atom. The maximum absolute atomic E-state index is 10.6. The molecule has 1 aliphatic heterocycles. The van der Waals surface area contributed by atoms with Gasteiger partial charge in [-0.15, -0.1) is 0 Å². The quantitative estimate of drug-likeness (QED) is 0.650. The summed E-state index contributed by atoms with van der Waals surface area (Å²) >= 11 is -2.25. The molecule has 0 aliphatic carbocycles. The number of nitrogens with zero attached hydrogens (tertiary/aromatic N) is 1. The number of nitrogens with one attached hydrogen (secondary N) is 1. The Balaban J connectivity index is 2.40. The standard InChI is InChI=1S/C7H8N2O3S/c10-13(11)5-3-6-7(9-4-5)8-1-2-12-6/h3-4H,1-2H2,(H,8,9)(H,10,11)/p-1. The minimum atomic E-state index is -2.25. The van der Waals surface area contributed by atoms with Gasteiger partial charge in [0.25, 0.3) is 0 Å². The highest BCUT2D eigenvalue weighted by Crippen LogP contribution is 2.26. The van der Waals surface area contributed by atoms with Crippen molar-refractivity contribution in [2.75, 3.05) is 18.5 Å². The molecule has 2 heterocycles. The van der Waals surface area contributed by atoms with Crippen LogP contribution in [0.1, 0.15) is 0 Å². The van der Waals surface area contributed by atoms with Gasteiger partial charge in [-0.1, -0.05) is 0 Å². The predicted octanol–water partition coefficient (Wildman–Crippen LogP) is 0.124. The van der Waals surface area contributed by atoms with Crippen molar-refractivity contribution in [2.45, 2.75) is 4.90 Å². The van der Waals surface area contributed by atoms with Gasteiger partial charge < -0.3 is 14.6 Å². The van der Waals surface area contributed by atoms with Crippen LogP contribution in [0.15, 0.2) is 17.2 Å². The molecular weight excluding hydrogens is 192 g/mol. The van der Waals surface area contributed by atoms with Gasteiger partial charge in [-0.2, -0.15) is 0 Å². The van der Waals surface area contributed by atoms with E-state index in [1.54, 1.807) is 0 Å². The molecule has 2 rings (SSSR count). The van der Waals surface area contributed by atoms with Crippen LogP contribution in [0.2, 0.25) is 0 Å². The molecule has 0 amide bonds. The lowest BCUT2D eigenvalue weighted by atomic mass is 10.4. The van der Waals surface area contributed by atoms with Gasteiger partial charge in [0.15, 0.2) is 11.6 Å². The first-order chi connectivity index (χ1) is 6.27. The molecule has 1 atom stereocenters. The fraction of sp³-hybridized carbons (Fsp3) is 0.286. The van der Waals surface area contributed by atoms with Crippen molar-refractivity contribution in [3.05, 3.63) is 12.3 Å². The maximum atomic E-state index is 10.6. The molecule has 1 aromatic rings. The molecular formula is C7H7N2O3S-. The summed E-state index contributed by atoms with van der Waals surface area (Å²) in [5, 5.41) is 2.99. The van der Waals surface area contributed by atoms with Crippen molar-refractivity contribution in [1.29, 1.82) is 0 Å². The molecule has 0 bridgehead atoms. The number of ether oxygens (including phenoxy) is 1. The van der Waals surface area contributed by atoms with Crippen LogP contribution in [-0.4, -0.2) is 26.9 Å². The maximum Gasteiger partial charge on any atom is 0.168 e. The average molecular weight is 199 g/mol. The van der Waals surface area contributed by atoms with E-state index in [4.69, 9.17) is 4.74 Å². The molecule has 5 nitrogen and oxygen atoms in total. The SMILES string of the molecule is O=S([O-])c1cnc2c(c1)OCCN2. The first-order valence-corrected chi connectivity index (χ1v) is 4.81. The molecule has 1 N–H and O–H groups in total. The van der Waals surface area contributed by atoms with Gasteiger partial charge in [0.2, 0.25) is 0 Å². The van der Waals surface area contributed by atoms with Gasteiger partial charge in [0.05, 0.1) is 6.54 Å². The van der Waals surface area contributed by atoms with Crippen LogP contribution in [0.3, 0.4) is 0 Å². The van der Waals surface area contributed by atoms with E-state index in [1.807, 2.05) is 0 Å². The summed E-state index contributed by atoms with van der Waals surface area (Å²) in [7, 11) is 0. The second-order valence-electron chi connectivity index (χ2n) is 2.53. The van der Waals surface area contributed by atoms with E-state index in [0.717, 1.165) is 0 Å².